The summed E-state index contributed by atoms with van der Waals surface area (Å²) in [6.45, 7) is 6.13. The molecular weight excluding hydrogens is 334 g/mol. The Bertz CT molecular complexity index is 785. The van der Waals surface area contributed by atoms with Gasteiger partial charge in [0.25, 0.3) is 0 Å². The Balaban J connectivity index is 1.37. The maximum absolute atomic E-state index is 5.04. The van der Waals surface area contributed by atoms with Crippen molar-refractivity contribution in [3.05, 3.63) is 35.8 Å². The lowest BCUT2D eigenvalue weighted by Gasteiger charge is -2.29. The van der Waals surface area contributed by atoms with E-state index in [1.165, 1.54) is 68.8 Å². The van der Waals surface area contributed by atoms with Gasteiger partial charge in [-0.05, 0) is 69.7 Å². The van der Waals surface area contributed by atoms with Crippen LogP contribution in [-0.2, 0) is 12.8 Å². The highest BCUT2D eigenvalue weighted by atomic mass is 15.2. The van der Waals surface area contributed by atoms with Crippen molar-refractivity contribution in [2.24, 2.45) is 5.92 Å². The highest BCUT2D eigenvalue weighted by molar-refractivity contribution is 5.61. The number of rotatable bonds is 4. The molecule has 2 aliphatic heterocycles. The van der Waals surface area contributed by atoms with Crippen LogP contribution in [0.25, 0.3) is 11.4 Å². The van der Waals surface area contributed by atoms with Crippen molar-refractivity contribution >= 4 is 5.82 Å². The van der Waals surface area contributed by atoms with Crippen molar-refractivity contribution in [2.75, 3.05) is 37.6 Å². The molecule has 2 aromatic rings. The van der Waals surface area contributed by atoms with Crippen LogP contribution in [0.4, 0.5) is 5.82 Å². The van der Waals surface area contributed by atoms with Gasteiger partial charge in [0, 0.05) is 48.8 Å². The van der Waals surface area contributed by atoms with Crippen LogP contribution in [0.5, 0.6) is 0 Å². The van der Waals surface area contributed by atoms with E-state index in [4.69, 9.17) is 9.97 Å². The quantitative estimate of drug-likeness (QED) is 0.834. The summed E-state index contributed by atoms with van der Waals surface area (Å²) in [6, 6.07) is 4.03. The summed E-state index contributed by atoms with van der Waals surface area (Å²) in [6.07, 6.45) is 12.6. The topological polar surface area (TPSA) is 45.2 Å². The molecule has 1 unspecified atom stereocenters. The molecule has 5 heteroatoms. The van der Waals surface area contributed by atoms with Crippen LogP contribution in [-0.4, -0.2) is 52.6 Å². The van der Waals surface area contributed by atoms with Crippen LogP contribution in [0.3, 0.4) is 0 Å². The van der Waals surface area contributed by atoms with Crippen molar-refractivity contribution in [2.45, 2.75) is 44.9 Å². The minimum atomic E-state index is 0.775. The summed E-state index contributed by atoms with van der Waals surface area (Å²) in [5.41, 5.74) is 3.69. The zero-order chi connectivity index (χ0) is 18.1. The summed E-state index contributed by atoms with van der Waals surface area (Å²) in [4.78, 5) is 19.4. The number of fused-ring (bicyclic) bond motifs is 1. The molecular formula is C22H29N5. The molecule has 3 aliphatic rings. The molecule has 2 aromatic heterocycles. The summed E-state index contributed by atoms with van der Waals surface area (Å²) in [5.74, 6) is 2.83. The fourth-order valence-corrected chi connectivity index (χ4v) is 4.98. The van der Waals surface area contributed by atoms with Gasteiger partial charge < -0.3 is 9.80 Å². The van der Waals surface area contributed by atoms with Crippen LogP contribution in [0, 0.1) is 5.92 Å². The highest BCUT2D eigenvalue weighted by Crippen LogP contribution is 2.34. The van der Waals surface area contributed by atoms with E-state index in [1.807, 2.05) is 18.5 Å². The van der Waals surface area contributed by atoms with Crippen molar-refractivity contribution in [3.8, 4) is 11.4 Å². The molecule has 5 nitrogen and oxygen atoms in total. The average Bonchev–Trinajstić information content (AvgIpc) is 3.38. The van der Waals surface area contributed by atoms with E-state index in [1.54, 1.807) is 0 Å². The zero-order valence-electron chi connectivity index (χ0n) is 16.1. The molecule has 0 saturated carbocycles. The smallest absolute Gasteiger partial charge is 0.163 e. The monoisotopic (exact) mass is 363 g/mol. The summed E-state index contributed by atoms with van der Waals surface area (Å²) >= 11 is 0. The van der Waals surface area contributed by atoms with E-state index in [9.17, 15) is 0 Å². The summed E-state index contributed by atoms with van der Waals surface area (Å²) in [5, 5.41) is 0. The van der Waals surface area contributed by atoms with Gasteiger partial charge >= 0.3 is 0 Å². The molecule has 0 amide bonds. The largest absolute Gasteiger partial charge is 0.356 e. The molecule has 0 bridgehead atoms. The number of aromatic nitrogens is 3. The molecule has 142 valence electrons. The molecule has 0 spiro atoms. The molecule has 0 aromatic carbocycles. The second-order valence-corrected chi connectivity index (χ2v) is 8.35. The van der Waals surface area contributed by atoms with Crippen molar-refractivity contribution in [1.82, 2.24) is 19.9 Å². The number of nitrogens with zero attached hydrogens (tertiary/aromatic N) is 5. The predicted molar refractivity (Wildman–Crippen MR) is 108 cm³/mol. The number of pyridine rings is 1. The number of likely N-dealkylation sites (tertiary alicyclic amines) is 1. The number of aryl methyl sites for hydroxylation is 1. The second-order valence-electron chi connectivity index (χ2n) is 8.35. The van der Waals surface area contributed by atoms with Crippen LogP contribution in [0.2, 0.25) is 0 Å². The van der Waals surface area contributed by atoms with Gasteiger partial charge in [0.15, 0.2) is 5.82 Å². The lowest BCUT2D eigenvalue weighted by atomic mass is 10.1. The SMILES string of the molecule is c1cncc(-c2nc3c(c(N4CCC(CN5CCCCC5)C4)n2)CCC3)c1. The Morgan fingerprint density at radius 2 is 1.93 bits per heavy atom. The maximum Gasteiger partial charge on any atom is 0.163 e. The fourth-order valence-electron chi connectivity index (χ4n) is 4.98. The van der Waals surface area contributed by atoms with Gasteiger partial charge in [0.05, 0.1) is 0 Å². The average molecular weight is 364 g/mol. The highest BCUT2D eigenvalue weighted by Gasteiger charge is 2.30. The third-order valence-electron chi connectivity index (χ3n) is 6.38. The van der Waals surface area contributed by atoms with Crippen molar-refractivity contribution < 1.29 is 0 Å². The Morgan fingerprint density at radius 1 is 1.00 bits per heavy atom. The molecule has 5 rings (SSSR count). The number of piperidine rings is 1. The fraction of sp³-hybridized carbons (Fsp3) is 0.591. The molecule has 27 heavy (non-hydrogen) atoms. The first kappa shape index (κ1) is 17.1. The van der Waals surface area contributed by atoms with Gasteiger partial charge in [0.1, 0.15) is 5.82 Å². The Hall–Kier alpha value is -2.01. The minimum absolute atomic E-state index is 0.775. The van der Waals surface area contributed by atoms with E-state index in [0.29, 0.717) is 0 Å². The van der Waals surface area contributed by atoms with Gasteiger partial charge in [-0.15, -0.1) is 0 Å². The standard InChI is InChI=1S/C22H29N5/c1-2-11-26(12-3-1)15-17-9-13-27(16-17)22-19-7-4-8-20(19)24-21(25-22)18-6-5-10-23-14-18/h5-6,10,14,17H,1-4,7-9,11-13,15-16H2. The van der Waals surface area contributed by atoms with Gasteiger partial charge in [-0.1, -0.05) is 6.42 Å². The van der Waals surface area contributed by atoms with Gasteiger partial charge in [0.2, 0.25) is 0 Å². The first-order chi connectivity index (χ1) is 13.4. The minimum Gasteiger partial charge on any atom is -0.356 e. The van der Waals surface area contributed by atoms with Crippen LogP contribution < -0.4 is 4.90 Å². The maximum atomic E-state index is 5.04. The summed E-state index contributed by atoms with van der Waals surface area (Å²) in [7, 11) is 0. The molecule has 4 heterocycles. The number of hydrogen-bond donors (Lipinski definition) is 0. The van der Waals surface area contributed by atoms with Crippen LogP contribution in [0.1, 0.15) is 43.4 Å². The first-order valence-electron chi connectivity index (χ1n) is 10.6. The van der Waals surface area contributed by atoms with Gasteiger partial charge in [-0.25, -0.2) is 9.97 Å². The normalized spacial score (nSPS) is 23.0. The Labute approximate surface area is 161 Å². The zero-order valence-corrected chi connectivity index (χ0v) is 16.1. The van der Waals surface area contributed by atoms with Gasteiger partial charge in [-0.3, -0.25) is 4.98 Å². The third kappa shape index (κ3) is 3.57. The van der Waals surface area contributed by atoms with Crippen LogP contribution >= 0.6 is 0 Å². The lowest BCUT2D eigenvalue weighted by molar-refractivity contribution is 0.201. The van der Waals surface area contributed by atoms with E-state index in [2.05, 4.69) is 20.9 Å². The Kier molecular flexibility index (Phi) is 4.78. The van der Waals surface area contributed by atoms with Crippen molar-refractivity contribution in [3.63, 3.8) is 0 Å². The van der Waals surface area contributed by atoms with E-state index >= 15 is 0 Å². The predicted octanol–water partition coefficient (Wildman–Crippen LogP) is 3.34. The van der Waals surface area contributed by atoms with E-state index in [0.717, 1.165) is 43.2 Å². The number of hydrogen-bond acceptors (Lipinski definition) is 5. The Morgan fingerprint density at radius 3 is 2.78 bits per heavy atom. The molecule has 1 atom stereocenters. The van der Waals surface area contributed by atoms with E-state index in [-0.39, 0.29) is 0 Å². The first-order valence-corrected chi connectivity index (χ1v) is 10.6. The van der Waals surface area contributed by atoms with E-state index < -0.39 is 0 Å². The molecule has 1 aliphatic carbocycles. The molecule has 0 radical (unpaired) electrons. The summed E-state index contributed by atoms with van der Waals surface area (Å²) < 4.78 is 0. The molecule has 2 fully saturated rings. The second kappa shape index (κ2) is 7.55. The lowest BCUT2D eigenvalue weighted by Crippen LogP contribution is -2.35. The molecule has 2 saturated heterocycles. The van der Waals surface area contributed by atoms with Crippen molar-refractivity contribution in [1.29, 1.82) is 0 Å². The molecule has 0 N–H and O–H groups in total. The van der Waals surface area contributed by atoms with Crippen LogP contribution in [0.15, 0.2) is 24.5 Å². The third-order valence-corrected chi connectivity index (χ3v) is 6.38. The number of anilines is 1. The van der Waals surface area contributed by atoms with Gasteiger partial charge in [-0.2, -0.15) is 0 Å².